The van der Waals surface area contributed by atoms with E-state index >= 15 is 0 Å². The van der Waals surface area contributed by atoms with E-state index in [0.717, 1.165) is 6.42 Å². The van der Waals surface area contributed by atoms with Gasteiger partial charge in [-0.3, -0.25) is 0 Å². The fraction of sp³-hybridized carbons (Fsp3) is 0.571. The first-order chi connectivity index (χ1) is 7.81. The van der Waals surface area contributed by atoms with Gasteiger partial charge in [-0.1, -0.05) is 24.3 Å². The molecule has 88 valence electrons. The minimum Gasteiger partial charge on any atom is -0.396 e. The highest BCUT2D eigenvalue weighted by Gasteiger charge is 2.19. The smallest absolute Gasteiger partial charge is 0.0471 e. The maximum Gasteiger partial charge on any atom is 0.0471 e. The molecular formula is C14H21NO. The zero-order valence-electron chi connectivity index (χ0n) is 10.0. The van der Waals surface area contributed by atoms with Crippen LogP contribution in [0, 0.1) is 0 Å². The van der Waals surface area contributed by atoms with E-state index in [1.54, 1.807) is 0 Å². The summed E-state index contributed by atoms with van der Waals surface area (Å²) >= 11 is 0. The summed E-state index contributed by atoms with van der Waals surface area (Å²) in [4.78, 5) is 2.39. The van der Waals surface area contributed by atoms with Gasteiger partial charge in [-0.2, -0.15) is 0 Å². The normalized spacial score (nSPS) is 18.9. The predicted molar refractivity (Wildman–Crippen MR) is 66.7 cm³/mol. The van der Waals surface area contributed by atoms with Crippen LogP contribution in [0.2, 0.25) is 0 Å². The molecule has 0 bridgehead atoms. The average molecular weight is 219 g/mol. The maximum atomic E-state index is 9.08. The molecule has 1 heterocycles. The predicted octanol–water partition coefficient (Wildman–Crippen LogP) is 2.03. The van der Waals surface area contributed by atoms with Crippen molar-refractivity contribution >= 4 is 0 Å². The van der Waals surface area contributed by atoms with Crippen molar-refractivity contribution in [3.05, 3.63) is 35.4 Å². The molecule has 0 amide bonds. The van der Waals surface area contributed by atoms with E-state index in [-0.39, 0.29) is 6.61 Å². The van der Waals surface area contributed by atoms with Crippen LogP contribution < -0.4 is 0 Å². The highest BCUT2D eigenvalue weighted by atomic mass is 16.2. The molecule has 1 aromatic carbocycles. The van der Waals surface area contributed by atoms with Crippen molar-refractivity contribution in [2.75, 3.05) is 26.7 Å². The van der Waals surface area contributed by atoms with Crippen LogP contribution in [0.5, 0.6) is 0 Å². The molecule has 1 aliphatic rings. The van der Waals surface area contributed by atoms with Gasteiger partial charge in [0.15, 0.2) is 0 Å². The van der Waals surface area contributed by atoms with E-state index in [4.69, 9.17) is 5.11 Å². The summed E-state index contributed by atoms with van der Waals surface area (Å²) in [6, 6.07) is 8.59. The van der Waals surface area contributed by atoms with Gasteiger partial charge in [0.05, 0.1) is 0 Å². The van der Waals surface area contributed by atoms with E-state index in [0.29, 0.717) is 5.92 Å². The molecule has 0 saturated carbocycles. The van der Waals surface area contributed by atoms with E-state index in [2.05, 4.69) is 36.2 Å². The van der Waals surface area contributed by atoms with Gasteiger partial charge in [0.1, 0.15) is 0 Å². The van der Waals surface area contributed by atoms with Crippen LogP contribution in [0.15, 0.2) is 24.3 Å². The summed E-state index contributed by atoms with van der Waals surface area (Å²) in [5.41, 5.74) is 2.80. The first-order valence-corrected chi connectivity index (χ1v) is 6.18. The molecular weight excluding hydrogens is 198 g/mol. The monoisotopic (exact) mass is 219 g/mol. The van der Waals surface area contributed by atoms with Crippen LogP contribution in [0.3, 0.4) is 0 Å². The van der Waals surface area contributed by atoms with Crippen molar-refractivity contribution in [2.45, 2.75) is 25.2 Å². The molecule has 2 heteroatoms. The molecule has 1 fully saturated rings. The summed E-state index contributed by atoms with van der Waals surface area (Å²) in [6.07, 6.45) is 3.29. The number of aliphatic hydroxyl groups excluding tert-OH is 1. The first-order valence-electron chi connectivity index (χ1n) is 6.18. The molecule has 0 atom stereocenters. The number of likely N-dealkylation sites (tertiary alicyclic amines) is 1. The Morgan fingerprint density at radius 2 is 1.94 bits per heavy atom. The fourth-order valence-corrected chi connectivity index (χ4v) is 2.60. The van der Waals surface area contributed by atoms with Crippen molar-refractivity contribution in [2.24, 2.45) is 0 Å². The van der Waals surface area contributed by atoms with Crippen molar-refractivity contribution in [3.63, 3.8) is 0 Å². The molecule has 0 aliphatic carbocycles. The third-order valence-corrected chi connectivity index (χ3v) is 3.59. The Kier molecular flexibility index (Phi) is 3.97. The highest BCUT2D eigenvalue weighted by molar-refractivity contribution is 5.31. The van der Waals surface area contributed by atoms with Gasteiger partial charge in [0.25, 0.3) is 0 Å². The van der Waals surface area contributed by atoms with E-state index in [1.165, 1.54) is 37.1 Å². The van der Waals surface area contributed by atoms with Gasteiger partial charge in [0, 0.05) is 6.61 Å². The second kappa shape index (κ2) is 5.46. The lowest BCUT2D eigenvalue weighted by Crippen LogP contribution is -2.29. The van der Waals surface area contributed by atoms with Gasteiger partial charge in [-0.05, 0) is 56.4 Å². The zero-order valence-corrected chi connectivity index (χ0v) is 10.0. The molecule has 2 rings (SSSR count). The quantitative estimate of drug-likeness (QED) is 0.841. The van der Waals surface area contributed by atoms with Crippen LogP contribution >= 0.6 is 0 Å². The van der Waals surface area contributed by atoms with Crippen molar-refractivity contribution in [1.82, 2.24) is 4.90 Å². The van der Waals surface area contributed by atoms with Gasteiger partial charge in [-0.25, -0.2) is 0 Å². The summed E-state index contributed by atoms with van der Waals surface area (Å²) in [6.45, 7) is 2.64. The Bertz CT molecular complexity index is 329. The molecule has 1 N–H and O–H groups in total. The minimum atomic E-state index is 0.254. The SMILES string of the molecule is CN1CCC(c2ccccc2CCO)CC1. The second-order valence-electron chi connectivity index (χ2n) is 4.75. The van der Waals surface area contributed by atoms with Crippen LogP contribution in [0.4, 0.5) is 0 Å². The molecule has 0 radical (unpaired) electrons. The Labute approximate surface area is 97.9 Å². The van der Waals surface area contributed by atoms with Gasteiger partial charge in [0.2, 0.25) is 0 Å². The Morgan fingerprint density at radius 3 is 2.62 bits per heavy atom. The third-order valence-electron chi connectivity index (χ3n) is 3.59. The lowest BCUT2D eigenvalue weighted by molar-refractivity contribution is 0.254. The maximum absolute atomic E-state index is 9.08. The molecule has 0 spiro atoms. The van der Waals surface area contributed by atoms with E-state index in [9.17, 15) is 0 Å². The van der Waals surface area contributed by atoms with Gasteiger partial charge >= 0.3 is 0 Å². The van der Waals surface area contributed by atoms with E-state index in [1.807, 2.05) is 0 Å². The van der Waals surface area contributed by atoms with Crippen LogP contribution in [0.1, 0.15) is 29.9 Å². The molecule has 2 nitrogen and oxygen atoms in total. The molecule has 1 aliphatic heterocycles. The summed E-state index contributed by atoms with van der Waals surface area (Å²) in [5.74, 6) is 0.693. The third kappa shape index (κ3) is 2.63. The Hall–Kier alpha value is -0.860. The minimum absolute atomic E-state index is 0.254. The van der Waals surface area contributed by atoms with Crippen LogP contribution in [-0.4, -0.2) is 36.8 Å². The van der Waals surface area contributed by atoms with Crippen molar-refractivity contribution in [1.29, 1.82) is 0 Å². The van der Waals surface area contributed by atoms with Crippen LogP contribution in [0.25, 0.3) is 0 Å². The number of rotatable bonds is 3. The summed E-state index contributed by atoms with van der Waals surface area (Å²) in [7, 11) is 2.19. The lowest BCUT2D eigenvalue weighted by Gasteiger charge is -2.30. The number of nitrogens with zero attached hydrogens (tertiary/aromatic N) is 1. The number of hydrogen-bond acceptors (Lipinski definition) is 2. The standard InChI is InChI=1S/C14H21NO/c1-15-9-6-13(7-10-15)14-5-3-2-4-12(14)8-11-16/h2-5,13,16H,6-11H2,1H3. The average Bonchev–Trinajstić information content (AvgIpc) is 2.32. The first kappa shape index (κ1) is 11.6. The number of aliphatic hydroxyl groups is 1. The second-order valence-corrected chi connectivity index (χ2v) is 4.75. The number of benzene rings is 1. The number of piperidine rings is 1. The van der Waals surface area contributed by atoms with Crippen molar-refractivity contribution in [3.8, 4) is 0 Å². The molecule has 0 unspecified atom stereocenters. The molecule has 1 saturated heterocycles. The van der Waals surface area contributed by atoms with Gasteiger partial charge in [-0.15, -0.1) is 0 Å². The lowest BCUT2D eigenvalue weighted by atomic mass is 9.86. The fourth-order valence-electron chi connectivity index (χ4n) is 2.60. The van der Waals surface area contributed by atoms with Crippen LogP contribution in [-0.2, 0) is 6.42 Å². The summed E-state index contributed by atoms with van der Waals surface area (Å²) < 4.78 is 0. The highest BCUT2D eigenvalue weighted by Crippen LogP contribution is 2.29. The topological polar surface area (TPSA) is 23.5 Å². The Balaban J connectivity index is 2.13. The number of hydrogen-bond donors (Lipinski definition) is 1. The molecule has 0 aromatic heterocycles. The molecule has 16 heavy (non-hydrogen) atoms. The molecule has 1 aromatic rings. The van der Waals surface area contributed by atoms with Gasteiger partial charge < -0.3 is 10.0 Å². The van der Waals surface area contributed by atoms with E-state index < -0.39 is 0 Å². The largest absolute Gasteiger partial charge is 0.396 e. The van der Waals surface area contributed by atoms with Crippen molar-refractivity contribution < 1.29 is 5.11 Å². The summed E-state index contributed by atoms with van der Waals surface area (Å²) in [5, 5.41) is 9.08. The zero-order chi connectivity index (χ0) is 11.4. The Morgan fingerprint density at radius 1 is 1.25 bits per heavy atom.